The standard InChI is InChI=1S/C17H27NO3S/c1-17(2)9-8-16(14-6-4-5-7-15(14)17)18-10-11-21-12-13-22(3,19)20/h4-7,16,18H,8-13H2,1-3H3/t16-/m0/s1. The van der Waals surface area contributed by atoms with Crippen LogP contribution >= 0.6 is 0 Å². The summed E-state index contributed by atoms with van der Waals surface area (Å²) in [5.74, 6) is 0.0907. The van der Waals surface area contributed by atoms with Crippen LogP contribution in [-0.4, -0.2) is 40.2 Å². The summed E-state index contributed by atoms with van der Waals surface area (Å²) in [6, 6.07) is 9.00. The normalized spacial score (nSPS) is 20.6. The second kappa shape index (κ2) is 7.11. The minimum absolute atomic E-state index is 0.0907. The molecule has 1 aliphatic rings. The summed E-state index contributed by atoms with van der Waals surface area (Å²) in [5, 5.41) is 3.54. The number of hydrogen-bond donors (Lipinski definition) is 1. The highest BCUT2D eigenvalue weighted by Crippen LogP contribution is 2.41. The van der Waals surface area contributed by atoms with E-state index in [-0.39, 0.29) is 17.8 Å². The predicted molar refractivity (Wildman–Crippen MR) is 90.0 cm³/mol. The summed E-state index contributed by atoms with van der Waals surface area (Å²) in [6.07, 6.45) is 3.51. The Balaban J connectivity index is 1.82. The molecule has 0 unspecified atom stereocenters. The summed E-state index contributed by atoms with van der Waals surface area (Å²) < 4.78 is 27.4. The van der Waals surface area contributed by atoms with Crippen LogP contribution in [0.15, 0.2) is 24.3 Å². The van der Waals surface area contributed by atoms with Gasteiger partial charge in [-0.25, -0.2) is 8.42 Å². The lowest BCUT2D eigenvalue weighted by Crippen LogP contribution is -2.34. The highest BCUT2D eigenvalue weighted by atomic mass is 32.2. The lowest BCUT2D eigenvalue weighted by molar-refractivity contribution is 0.146. The van der Waals surface area contributed by atoms with E-state index in [1.807, 2.05) is 0 Å². The highest BCUT2D eigenvalue weighted by Gasteiger charge is 2.31. The molecule has 22 heavy (non-hydrogen) atoms. The van der Waals surface area contributed by atoms with Crippen molar-refractivity contribution in [3.8, 4) is 0 Å². The van der Waals surface area contributed by atoms with Gasteiger partial charge in [0.25, 0.3) is 0 Å². The summed E-state index contributed by atoms with van der Waals surface area (Å²) in [7, 11) is -2.93. The third kappa shape index (κ3) is 4.80. The quantitative estimate of drug-likeness (QED) is 0.783. The second-order valence-electron chi connectivity index (χ2n) is 6.76. The fraction of sp³-hybridized carbons (Fsp3) is 0.647. The van der Waals surface area contributed by atoms with Crippen LogP contribution in [0.2, 0.25) is 0 Å². The van der Waals surface area contributed by atoms with Gasteiger partial charge >= 0.3 is 0 Å². The van der Waals surface area contributed by atoms with Crippen LogP contribution < -0.4 is 5.32 Å². The van der Waals surface area contributed by atoms with Crippen molar-refractivity contribution in [3.05, 3.63) is 35.4 Å². The number of sulfone groups is 1. The maximum atomic E-state index is 11.0. The zero-order valence-electron chi connectivity index (χ0n) is 13.8. The van der Waals surface area contributed by atoms with Crippen molar-refractivity contribution >= 4 is 9.84 Å². The molecule has 1 aliphatic carbocycles. The third-order valence-corrected chi connectivity index (χ3v) is 5.27. The maximum absolute atomic E-state index is 11.0. The van der Waals surface area contributed by atoms with Crippen molar-refractivity contribution in [2.75, 3.05) is 31.8 Å². The van der Waals surface area contributed by atoms with E-state index in [0.29, 0.717) is 12.6 Å². The summed E-state index contributed by atoms with van der Waals surface area (Å²) >= 11 is 0. The summed E-state index contributed by atoms with van der Waals surface area (Å²) in [4.78, 5) is 0. The monoisotopic (exact) mass is 325 g/mol. The van der Waals surface area contributed by atoms with Crippen LogP contribution in [0.25, 0.3) is 0 Å². The Hall–Kier alpha value is -0.910. The molecular formula is C17H27NO3S. The Morgan fingerprint density at radius 2 is 2.00 bits per heavy atom. The Morgan fingerprint density at radius 3 is 2.73 bits per heavy atom. The van der Waals surface area contributed by atoms with Gasteiger partial charge in [-0.15, -0.1) is 0 Å². The zero-order chi connectivity index (χ0) is 16.2. The Morgan fingerprint density at radius 1 is 1.27 bits per heavy atom. The predicted octanol–water partition coefficient (Wildman–Crippen LogP) is 2.45. The van der Waals surface area contributed by atoms with Gasteiger partial charge in [0, 0.05) is 18.8 Å². The molecule has 0 bridgehead atoms. The van der Waals surface area contributed by atoms with Gasteiger partial charge in [-0.2, -0.15) is 0 Å². The van der Waals surface area contributed by atoms with E-state index in [0.717, 1.165) is 19.4 Å². The maximum Gasteiger partial charge on any atom is 0.149 e. The minimum atomic E-state index is -2.93. The van der Waals surface area contributed by atoms with E-state index < -0.39 is 9.84 Å². The van der Waals surface area contributed by atoms with E-state index in [1.54, 1.807) is 0 Å². The van der Waals surface area contributed by atoms with Crippen molar-refractivity contribution in [1.29, 1.82) is 0 Å². The molecule has 0 spiro atoms. The Kier molecular flexibility index (Phi) is 5.64. The Bertz CT molecular complexity index is 596. The minimum Gasteiger partial charge on any atom is -0.379 e. The average Bonchev–Trinajstić information content (AvgIpc) is 2.44. The fourth-order valence-corrected chi connectivity index (χ4v) is 3.46. The molecule has 1 aromatic rings. The van der Waals surface area contributed by atoms with Gasteiger partial charge in [0.15, 0.2) is 0 Å². The first-order valence-corrected chi connectivity index (χ1v) is 9.94. The van der Waals surface area contributed by atoms with Crippen molar-refractivity contribution < 1.29 is 13.2 Å². The molecule has 4 nitrogen and oxygen atoms in total. The largest absolute Gasteiger partial charge is 0.379 e. The molecule has 0 saturated heterocycles. The van der Waals surface area contributed by atoms with Crippen molar-refractivity contribution in [2.24, 2.45) is 0 Å². The Labute approximate surface area is 134 Å². The van der Waals surface area contributed by atoms with Crippen LogP contribution in [0, 0.1) is 0 Å². The molecule has 124 valence electrons. The molecule has 1 atom stereocenters. The van der Waals surface area contributed by atoms with Gasteiger partial charge < -0.3 is 10.1 Å². The number of rotatable bonds is 7. The van der Waals surface area contributed by atoms with E-state index in [2.05, 4.69) is 43.4 Å². The molecule has 0 fully saturated rings. The molecule has 0 heterocycles. The number of nitrogens with one attached hydrogen (secondary N) is 1. The lowest BCUT2D eigenvalue weighted by Gasteiger charge is -2.37. The number of hydrogen-bond acceptors (Lipinski definition) is 4. The van der Waals surface area contributed by atoms with Gasteiger partial charge in [-0.1, -0.05) is 38.1 Å². The average molecular weight is 325 g/mol. The van der Waals surface area contributed by atoms with Gasteiger partial charge in [0.05, 0.1) is 19.0 Å². The smallest absolute Gasteiger partial charge is 0.149 e. The lowest BCUT2D eigenvalue weighted by atomic mass is 9.71. The van der Waals surface area contributed by atoms with Gasteiger partial charge in [-0.05, 0) is 29.4 Å². The first-order chi connectivity index (χ1) is 10.3. The molecule has 0 radical (unpaired) electrons. The van der Waals surface area contributed by atoms with Gasteiger partial charge in [0.1, 0.15) is 9.84 Å². The topological polar surface area (TPSA) is 55.4 Å². The van der Waals surface area contributed by atoms with Gasteiger partial charge in [0.2, 0.25) is 0 Å². The SMILES string of the molecule is CC1(C)CC[C@H](NCCOCCS(C)(=O)=O)c2ccccc21. The summed E-state index contributed by atoms with van der Waals surface area (Å²) in [6.45, 7) is 6.16. The van der Waals surface area contributed by atoms with E-state index in [1.165, 1.54) is 17.4 Å². The van der Waals surface area contributed by atoms with E-state index in [9.17, 15) is 8.42 Å². The van der Waals surface area contributed by atoms with Crippen LogP contribution in [0.3, 0.4) is 0 Å². The molecular weight excluding hydrogens is 298 g/mol. The highest BCUT2D eigenvalue weighted by molar-refractivity contribution is 7.90. The molecule has 0 amide bonds. The number of ether oxygens (including phenoxy) is 1. The third-order valence-electron chi connectivity index (χ3n) is 4.36. The molecule has 0 aliphatic heterocycles. The van der Waals surface area contributed by atoms with Gasteiger partial charge in [-0.3, -0.25) is 0 Å². The summed E-state index contributed by atoms with van der Waals surface area (Å²) in [5.41, 5.74) is 3.05. The number of fused-ring (bicyclic) bond motifs is 1. The van der Waals surface area contributed by atoms with E-state index >= 15 is 0 Å². The van der Waals surface area contributed by atoms with Crippen LogP contribution in [0.1, 0.15) is 43.9 Å². The zero-order valence-corrected chi connectivity index (χ0v) is 14.6. The van der Waals surface area contributed by atoms with Crippen molar-refractivity contribution in [1.82, 2.24) is 5.32 Å². The molecule has 0 aromatic heterocycles. The van der Waals surface area contributed by atoms with Crippen LogP contribution in [-0.2, 0) is 20.0 Å². The van der Waals surface area contributed by atoms with Crippen molar-refractivity contribution in [2.45, 2.75) is 38.1 Å². The number of benzene rings is 1. The molecule has 0 saturated carbocycles. The van der Waals surface area contributed by atoms with Crippen molar-refractivity contribution in [3.63, 3.8) is 0 Å². The molecule has 2 rings (SSSR count). The first kappa shape index (κ1) is 17.4. The van der Waals surface area contributed by atoms with Crippen LogP contribution in [0.4, 0.5) is 0 Å². The first-order valence-electron chi connectivity index (χ1n) is 7.88. The molecule has 5 heteroatoms. The molecule has 1 aromatic carbocycles. The second-order valence-corrected chi connectivity index (χ2v) is 9.02. The van der Waals surface area contributed by atoms with Crippen LogP contribution in [0.5, 0.6) is 0 Å². The molecule has 1 N–H and O–H groups in total. The fourth-order valence-electron chi connectivity index (χ4n) is 3.04. The van der Waals surface area contributed by atoms with E-state index in [4.69, 9.17) is 4.74 Å².